The number of aliphatic hydroxyl groups excluding tert-OH is 2. The molecule has 0 saturated heterocycles. The van der Waals surface area contributed by atoms with Crippen LogP contribution in [0.5, 0.6) is 0 Å². The summed E-state index contributed by atoms with van der Waals surface area (Å²) in [6, 6.07) is 0. The summed E-state index contributed by atoms with van der Waals surface area (Å²) < 4.78 is 2.09. The van der Waals surface area contributed by atoms with Gasteiger partial charge in [-0.05, 0) is 43.9 Å². The third-order valence-electron chi connectivity index (χ3n) is 6.05. The number of aliphatic hydroxyl groups is 2. The Morgan fingerprint density at radius 1 is 1.16 bits per heavy atom. The van der Waals surface area contributed by atoms with Gasteiger partial charge in [-0.2, -0.15) is 0 Å². The van der Waals surface area contributed by atoms with Crippen molar-refractivity contribution in [3.05, 3.63) is 12.7 Å². The molecule has 25 heavy (non-hydrogen) atoms. The van der Waals surface area contributed by atoms with Gasteiger partial charge in [0.1, 0.15) is 6.33 Å². The molecule has 2 heterocycles. The third-order valence-corrected chi connectivity index (χ3v) is 6.05. The van der Waals surface area contributed by atoms with Crippen LogP contribution in [-0.2, 0) is 6.54 Å². The normalized spacial score (nSPS) is 31.1. The molecule has 0 unspecified atom stereocenters. The number of anilines is 1. The molecule has 2 aromatic rings. The molecule has 2 bridgehead atoms. The van der Waals surface area contributed by atoms with Gasteiger partial charge in [0, 0.05) is 19.6 Å². The number of hydrogen-bond acceptors (Lipinski definition) is 6. The lowest BCUT2D eigenvalue weighted by Crippen LogP contribution is -2.37. The van der Waals surface area contributed by atoms with E-state index >= 15 is 0 Å². The van der Waals surface area contributed by atoms with Crippen LogP contribution in [-0.4, -0.2) is 55.0 Å². The fraction of sp³-hybridized carbons (Fsp3) is 0.722. The Hall–Kier alpha value is -1.73. The molecule has 136 valence electrons. The Bertz CT molecular complexity index is 746. The third kappa shape index (κ3) is 2.69. The van der Waals surface area contributed by atoms with Crippen molar-refractivity contribution < 1.29 is 10.2 Å². The van der Waals surface area contributed by atoms with Gasteiger partial charge in [-0.1, -0.05) is 6.92 Å². The molecule has 2 N–H and O–H groups in total. The molecular formula is C18H27N5O2. The van der Waals surface area contributed by atoms with E-state index in [1.807, 2.05) is 6.33 Å². The minimum Gasteiger partial charge on any atom is -0.390 e. The Kier molecular flexibility index (Phi) is 4.37. The lowest BCUT2D eigenvalue weighted by Gasteiger charge is -2.29. The first kappa shape index (κ1) is 16.7. The van der Waals surface area contributed by atoms with E-state index in [0.29, 0.717) is 5.92 Å². The van der Waals surface area contributed by atoms with Crippen LogP contribution in [0.25, 0.3) is 11.2 Å². The van der Waals surface area contributed by atoms with Crippen LogP contribution in [0.3, 0.4) is 0 Å². The highest BCUT2D eigenvalue weighted by atomic mass is 16.3. The maximum absolute atomic E-state index is 10.2. The summed E-state index contributed by atoms with van der Waals surface area (Å²) in [5, 5.41) is 20.2. The molecule has 0 amide bonds. The van der Waals surface area contributed by atoms with Crippen molar-refractivity contribution in [1.82, 2.24) is 19.5 Å². The van der Waals surface area contributed by atoms with Crippen LogP contribution in [0.2, 0.25) is 0 Å². The minimum absolute atomic E-state index is 0.186. The van der Waals surface area contributed by atoms with Crippen molar-refractivity contribution in [3.8, 4) is 0 Å². The van der Waals surface area contributed by atoms with E-state index in [9.17, 15) is 10.2 Å². The summed E-state index contributed by atoms with van der Waals surface area (Å²) in [6.07, 6.45) is 5.30. The molecule has 2 aromatic heterocycles. The summed E-state index contributed by atoms with van der Waals surface area (Å²) in [4.78, 5) is 15.8. The molecule has 2 aliphatic carbocycles. The van der Waals surface area contributed by atoms with Crippen LogP contribution < -0.4 is 4.90 Å². The molecule has 2 fully saturated rings. The Labute approximate surface area is 147 Å². The Morgan fingerprint density at radius 3 is 2.68 bits per heavy atom. The van der Waals surface area contributed by atoms with Gasteiger partial charge in [-0.25, -0.2) is 15.0 Å². The van der Waals surface area contributed by atoms with Gasteiger partial charge in [0.15, 0.2) is 17.0 Å². The molecule has 4 rings (SSSR count). The Morgan fingerprint density at radius 2 is 2.00 bits per heavy atom. The van der Waals surface area contributed by atoms with Crippen molar-refractivity contribution in [2.45, 2.75) is 51.9 Å². The maximum atomic E-state index is 10.2. The SMILES string of the molecule is CCCN(CC)c1ncnc2c1ncn2C[C@@H]1C[C@H]2C[C@@H]1[C@H](O)[C@@H]2O. The molecule has 7 heteroatoms. The highest BCUT2D eigenvalue weighted by Gasteiger charge is 2.51. The molecular weight excluding hydrogens is 318 g/mol. The van der Waals surface area contributed by atoms with E-state index < -0.39 is 12.2 Å². The molecule has 2 saturated carbocycles. The zero-order valence-corrected chi connectivity index (χ0v) is 14.9. The summed E-state index contributed by atoms with van der Waals surface area (Å²) in [5.41, 5.74) is 1.71. The van der Waals surface area contributed by atoms with Crippen molar-refractivity contribution in [3.63, 3.8) is 0 Å². The van der Waals surface area contributed by atoms with Crippen molar-refractivity contribution in [1.29, 1.82) is 0 Å². The summed E-state index contributed by atoms with van der Waals surface area (Å²) in [6.45, 7) is 6.92. The minimum atomic E-state index is -0.580. The van der Waals surface area contributed by atoms with Crippen LogP contribution >= 0.6 is 0 Å². The van der Waals surface area contributed by atoms with Crippen molar-refractivity contribution in [2.75, 3.05) is 18.0 Å². The average Bonchev–Trinajstić information content (AvgIpc) is 3.29. The number of imidazole rings is 1. The van der Waals surface area contributed by atoms with Crippen LogP contribution in [0, 0.1) is 17.8 Å². The van der Waals surface area contributed by atoms with E-state index in [0.717, 1.165) is 55.9 Å². The van der Waals surface area contributed by atoms with Gasteiger partial charge < -0.3 is 19.7 Å². The standard InChI is InChI=1S/C18H27N5O2/c1-3-5-22(4-2)17-14-18(20-9-19-17)23(10-21-14)8-12-6-11-7-13(12)16(25)15(11)24/h9-13,15-16,24-25H,3-8H2,1-2H3/t11-,12-,13-,15+,16-/m0/s1. The van der Waals surface area contributed by atoms with Crippen molar-refractivity contribution in [2.24, 2.45) is 17.8 Å². The fourth-order valence-electron chi connectivity index (χ4n) is 4.81. The van der Waals surface area contributed by atoms with Gasteiger partial charge >= 0.3 is 0 Å². The molecule has 2 aliphatic rings. The van der Waals surface area contributed by atoms with Gasteiger partial charge in [0.05, 0.1) is 18.5 Å². The number of nitrogens with zero attached hydrogens (tertiary/aromatic N) is 5. The maximum Gasteiger partial charge on any atom is 0.165 e. The molecule has 0 aromatic carbocycles. The predicted molar refractivity (Wildman–Crippen MR) is 95.2 cm³/mol. The van der Waals surface area contributed by atoms with Gasteiger partial charge in [0.2, 0.25) is 0 Å². The molecule has 0 radical (unpaired) electrons. The van der Waals surface area contributed by atoms with E-state index in [2.05, 4.69) is 38.3 Å². The largest absolute Gasteiger partial charge is 0.390 e. The molecule has 0 spiro atoms. The lowest BCUT2D eigenvalue weighted by molar-refractivity contribution is -0.0360. The number of fused-ring (bicyclic) bond motifs is 3. The summed E-state index contributed by atoms with van der Waals surface area (Å²) >= 11 is 0. The zero-order valence-electron chi connectivity index (χ0n) is 14.9. The Balaban J connectivity index is 1.60. The van der Waals surface area contributed by atoms with Crippen LogP contribution in [0.4, 0.5) is 5.82 Å². The topological polar surface area (TPSA) is 87.3 Å². The van der Waals surface area contributed by atoms with Crippen LogP contribution in [0.1, 0.15) is 33.1 Å². The number of aromatic nitrogens is 4. The molecule has 5 atom stereocenters. The van der Waals surface area contributed by atoms with E-state index in [1.165, 1.54) is 0 Å². The quantitative estimate of drug-likeness (QED) is 0.824. The number of rotatable bonds is 6. The predicted octanol–water partition coefficient (Wildman–Crippen LogP) is 1.44. The second kappa shape index (κ2) is 6.53. The van der Waals surface area contributed by atoms with Gasteiger partial charge in [-0.15, -0.1) is 0 Å². The van der Waals surface area contributed by atoms with E-state index in [4.69, 9.17) is 0 Å². The fourth-order valence-corrected chi connectivity index (χ4v) is 4.81. The highest BCUT2D eigenvalue weighted by Crippen LogP contribution is 2.49. The van der Waals surface area contributed by atoms with E-state index in [-0.39, 0.29) is 11.8 Å². The first-order valence-corrected chi connectivity index (χ1v) is 9.40. The van der Waals surface area contributed by atoms with Crippen molar-refractivity contribution >= 4 is 17.0 Å². The second-order valence-electron chi connectivity index (χ2n) is 7.48. The summed E-state index contributed by atoms with van der Waals surface area (Å²) in [7, 11) is 0. The first-order chi connectivity index (χ1) is 12.1. The molecule has 0 aliphatic heterocycles. The smallest absolute Gasteiger partial charge is 0.165 e. The van der Waals surface area contributed by atoms with Gasteiger partial charge in [-0.3, -0.25) is 0 Å². The highest BCUT2D eigenvalue weighted by molar-refractivity contribution is 5.83. The van der Waals surface area contributed by atoms with Gasteiger partial charge in [0.25, 0.3) is 0 Å². The monoisotopic (exact) mass is 345 g/mol. The van der Waals surface area contributed by atoms with E-state index in [1.54, 1.807) is 6.33 Å². The first-order valence-electron chi connectivity index (χ1n) is 9.40. The zero-order chi connectivity index (χ0) is 17.6. The summed E-state index contributed by atoms with van der Waals surface area (Å²) in [5.74, 6) is 1.70. The second-order valence-corrected chi connectivity index (χ2v) is 7.48. The molecule has 7 nitrogen and oxygen atoms in total. The van der Waals surface area contributed by atoms with Crippen LogP contribution in [0.15, 0.2) is 12.7 Å². The number of hydrogen-bond donors (Lipinski definition) is 2. The average molecular weight is 345 g/mol. The lowest BCUT2D eigenvalue weighted by atomic mass is 9.85.